The van der Waals surface area contributed by atoms with E-state index < -0.39 is 0 Å². The van der Waals surface area contributed by atoms with Gasteiger partial charge in [0, 0.05) is 0 Å². The van der Waals surface area contributed by atoms with E-state index in [0.29, 0.717) is 5.92 Å². The van der Waals surface area contributed by atoms with Crippen LogP contribution in [0.15, 0.2) is 37.0 Å². The van der Waals surface area contributed by atoms with Crippen molar-refractivity contribution in [3.05, 3.63) is 37.0 Å². The van der Waals surface area contributed by atoms with Gasteiger partial charge in [-0.15, -0.1) is 0 Å². The summed E-state index contributed by atoms with van der Waals surface area (Å²) >= 11 is 0. The topological polar surface area (TPSA) is 0 Å². The van der Waals surface area contributed by atoms with Crippen molar-refractivity contribution in [1.82, 2.24) is 0 Å². The first-order chi connectivity index (χ1) is 6.26. The summed E-state index contributed by atoms with van der Waals surface area (Å²) in [6.45, 7) is 15.9. The summed E-state index contributed by atoms with van der Waals surface area (Å²) in [7, 11) is 0. The molecule has 0 saturated heterocycles. The normalized spacial score (nSPS) is 12.5. The van der Waals surface area contributed by atoms with E-state index in [1.807, 2.05) is 32.1 Å². The lowest BCUT2D eigenvalue weighted by Crippen LogP contribution is -1.95. The predicted molar refractivity (Wildman–Crippen MR) is 63.9 cm³/mol. The van der Waals surface area contributed by atoms with Gasteiger partial charge in [0.25, 0.3) is 0 Å². The van der Waals surface area contributed by atoms with E-state index in [1.54, 1.807) is 0 Å². The van der Waals surface area contributed by atoms with Crippen molar-refractivity contribution in [1.29, 1.82) is 0 Å². The van der Waals surface area contributed by atoms with Crippen LogP contribution in [0.4, 0.5) is 0 Å². The smallest absolute Gasteiger partial charge is 0.0191 e. The molecular weight excluding hydrogens is 156 g/mol. The van der Waals surface area contributed by atoms with Crippen molar-refractivity contribution < 1.29 is 0 Å². The van der Waals surface area contributed by atoms with Crippen LogP contribution in [0.25, 0.3) is 0 Å². The SMILES string of the molecule is C=C/C=C(\C=C)C(C)CCC.CC. The second kappa shape index (κ2) is 11.2. The number of hydrogen-bond donors (Lipinski definition) is 0. The van der Waals surface area contributed by atoms with Crippen molar-refractivity contribution in [2.75, 3.05) is 0 Å². The Hall–Kier alpha value is -0.780. The van der Waals surface area contributed by atoms with Gasteiger partial charge in [0.2, 0.25) is 0 Å². The van der Waals surface area contributed by atoms with Crippen LogP contribution in [0.3, 0.4) is 0 Å². The third kappa shape index (κ3) is 7.58. The van der Waals surface area contributed by atoms with Crippen LogP contribution >= 0.6 is 0 Å². The summed E-state index contributed by atoms with van der Waals surface area (Å²) in [5, 5.41) is 0. The number of hydrogen-bond acceptors (Lipinski definition) is 0. The van der Waals surface area contributed by atoms with Crippen LogP contribution in [0.5, 0.6) is 0 Å². The minimum atomic E-state index is 0.621. The second-order valence-electron chi connectivity index (χ2n) is 2.80. The highest BCUT2D eigenvalue weighted by Gasteiger charge is 2.01. The Balaban J connectivity index is 0. The zero-order valence-electron chi connectivity index (χ0n) is 9.64. The summed E-state index contributed by atoms with van der Waals surface area (Å²) in [5.74, 6) is 0.621. The fraction of sp³-hybridized carbons (Fsp3) is 0.538. The lowest BCUT2D eigenvalue weighted by molar-refractivity contribution is 0.613. The molecule has 1 atom stereocenters. The Morgan fingerprint density at radius 3 is 2.15 bits per heavy atom. The molecule has 0 aromatic heterocycles. The molecular formula is C13H24. The molecule has 0 heteroatoms. The Morgan fingerprint density at radius 2 is 1.85 bits per heavy atom. The quantitative estimate of drug-likeness (QED) is 0.536. The Morgan fingerprint density at radius 1 is 1.31 bits per heavy atom. The van der Waals surface area contributed by atoms with Crippen LogP contribution in [-0.2, 0) is 0 Å². The molecule has 0 nitrogen and oxygen atoms in total. The maximum Gasteiger partial charge on any atom is -0.0191 e. The van der Waals surface area contributed by atoms with Gasteiger partial charge in [0.1, 0.15) is 0 Å². The van der Waals surface area contributed by atoms with Gasteiger partial charge in [-0.2, -0.15) is 0 Å². The molecule has 0 rings (SSSR count). The summed E-state index contributed by atoms with van der Waals surface area (Å²) in [5.41, 5.74) is 1.29. The first kappa shape index (κ1) is 14.7. The lowest BCUT2D eigenvalue weighted by atomic mass is 9.96. The molecule has 1 unspecified atom stereocenters. The molecule has 76 valence electrons. The van der Waals surface area contributed by atoms with Gasteiger partial charge >= 0.3 is 0 Å². The molecule has 0 heterocycles. The first-order valence-electron chi connectivity index (χ1n) is 5.21. The molecule has 0 radical (unpaired) electrons. The Bertz CT molecular complexity index is 151. The number of rotatable bonds is 5. The van der Waals surface area contributed by atoms with Gasteiger partial charge < -0.3 is 0 Å². The van der Waals surface area contributed by atoms with E-state index >= 15 is 0 Å². The van der Waals surface area contributed by atoms with Crippen LogP contribution in [0.1, 0.15) is 40.5 Å². The molecule has 0 aliphatic carbocycles. The number of allylic oxidation sites excluding steroid dienone is 4. The summed E-state index contributed by atoms with van der Waals surface area (Å²) in [6.07, 6.45) is 8.23. The fourth-order valence-electron chi connectivity index (χ4n) is 1.17. The first-order valence-corrected chi connectivity index (χ1v) is 5.21. The molecule has 0 fully saturated rings. The summed E-state index contributed by atoms with van der Waals surface area (Å²) in [4.78, 5) is 0. The van der Waals surface area contributed by atoms with Crippen molar-refractivity contribution in [3.63, 3.8) is 0 Å². The second-order valence-corrected chi connectivity index (χ2v) is 2.80. The van der Waals surface area contributed by atoms with Gasteiger partial charge in [-0.25, -0.2) is 0 Å². The Kier molecular flexibility index (Phi) is 12.7. The lowest BCUT2D eigenvalue weighted by Gasteiger charge is -2.09. The van der Waals surface area contributed by atoms with Gasteiger partial charge in [0.05, 0.1) is 0 Å². The largest absolute Gasteiger partial charge is 0.0991 e. The minimum absolute atomic E-state index is 0.621. The third-order valence-corrected chi connectivity index (χ3v) is 1.84. The van der Waals surface area contributed by atoms with Crippen LogP contribution in [0, 0.1) is 5.92 Å². The predicted octanol–water partition coefficient (Wildman–Crippen LogP) is 4.75. The molecule has 0 aliphatic heterocycles. The minimum Gasteiger partial charge on any atom is -0.0991 e. The highest BCUT2D eigenvalue weighted by Crippen LogP contribution is 2.16. The van der Waals surface area contributed by atoms with Gasteiger partial charge in [-0.3, -0.25) is 0 Å². The zero-order chi connectivity index (χ0) is 10.7. The molecule has 0 saturated carbocycles. The molecule has 0 amide bonds. The van der Waals surface area contributed by atoms with Crippen LogP contribution in [-0.4, -0.2) is 0 Å². The molecule has 0 N–H and O–H groups in total. The molecule has 0 aromatic carbocycles. The summed E-state index contributed by atoms with van der Waals surface area (Å²) in [6, 6.07) is 0. The average Bonchev–Trinajstić information content (AvgIpc) is 2.17. The van der Waals surface area contributed by atoms with Gasteiger partial charge in [-0.05, 0) is 17.9 Å². The van der Waals surface area contributed by atoms with Crippen molar-refractivity contribution in [3.8, 4) is 0 Å². The van der Waals surface area contributed by atoms with E-state index in [0.717, 1.165) is 0 Å². The Labute approximate surface area is 84.1 Å². The zero-order valence-corrected chi connectivity index (χ0v) is 9.64. The molecule has 0 spiro atoms. The highest BCUT2D eigenvalue weighted by atomic mass is 14.1. The van der Waals surface area contributed by atoms with Crippen LogP contribution in [0.2, 0.25) is 0 Å². The van der Waals surface area contributed by atoms with E-state index in [4.69, 9.17) is 0 Å². The van der Waals surface area contributed by atoms with Crippen LogP contribution < -0.4 is 0 Å². The van der Waals surface area contributed by atoms with E-state index in [2.05, 4.69) is 27.0 Å². The maximum atomic E-state index is 3.77. The van der Waals surface area contributed by atoms with Gasteiger partial charge in [0.15, 0.2) is 0 Å². The molecule has 0 aromatic rings. The molecule has 13 heavy (non-hydrogen) atoms. The monoisotopic (exact) mass is 180 g/mol. The van der Waals surface area contributed by atoms with E-state index in [1.165, 1.54) is 18.4 Å². The standard InChI is InChI=1S/C11H18.C2H6/c1-5-8-10(4)11(7-3)9-6-2;1-2/h6-7,9-10H,2-3,5,8H2,1,4H3;1-2H3/b11-9+;. The summed E-state index contributed by atoms with van der Waals surface area (Å²) < 4.78 is 0. The fourth-order valence-corrected chi connectivity index (χ4v) is 1.17. The maximum absolute atomic E-state index is 3.77. The van der Waals surface area contributed by atoms with Crippen molar-refractivity contribution in [2.45, 2.75) is 40.5 Å². The molecule has 0 aliphatic rings. The highest BCUT2D eigenvalue weighted by molar-refractivity contribution is 5.23. The molecule has 0 bridgehead atoms. The van der Waals surface area contributed by atoms with E-state index in [-0.39, 0.29) is 0 Å². The van der Waals surface area contributed by atoms with Gasteiger partial charge in [-0.1, -0.05) is 65.5 Å². The third-order valence-electron chi connectivity index (χ3n) is 1.84. The van der Waals surface area contributed by atoms with E-state index in [9.17, 15) is 0 Å². The van der Waals surface area contributed by atoms with Crippen molar-refractivity contribution >= 4 is 0 Å². The average molecular weight is 180 g/mol. The van der Waals surface area contributed by atoms with Crippen molar-refractivity contribution in [2.24, 2.45) is 5.92 Å².